The Balaban J connectivity index is 0. The van der Waals surface area contributed by atoms with E-state index in [4.69, 9.17) is 30.7 Å². The Bertz CT molecular complexity index is 978. The Kier molecular flexibility index (Phi) is 12.0. The predicted octanol–water partition coefficient (Wildman–Crippen LogP) is 3.37. The molecule has 1 aliphatic rings. The van der Waals surface area contributed by atoms with Gasteiger partial charge >= 0.3 is 31.3 Å². The average molecular weight is 582 g/mol. The van der Waals surface area contributed by atoms with Gasteiger partial charge in [-0.1, -0.05) is 26.8 Å². The summed E-state index contributed by atoms with van der Waals surface area (Å²) in [6, 6.07) is 4.18. The van der Waals surface area contributed by atoms with E-state index in [1.165, 1.54) is 0 Å². The van der Waals surface area contributed by atoms with Gasteiger partial charge in [-0.15, -0.1) is 0 Å². The molecular formula is C15H20CuF6N2O7S2. The van der Waals surface area contributed by atoms with Crippen molar-refractivity contribution in [3.63, 3.8) is 0 Å². The van der Waals surface area contributed by atoms with Crippen molar-refractivity contribution in [1.82, 2.24) is 4.98 Å². The van der Waals surface area contributed by atoms with Crippen LogP contribution in [0.5, 0.6) is 0 Å². The molecule has 1 aliphatic heterocycles. The molecule has 0 aromatic carbocycles. The average Bonchev–Trinajstić information content (AvgIpc) is 3.02. The number of aliphatic imine (C=N–C) groups is 1. The molecule has 18 heteroatoms. The van der Waals surface area contributed by atoms with Crippen LogP contribution in [-0.4, -0.2) is 60.5 Å². The number of halogens is 6. The Hall–Kier alpha value is -1.46. The molecule has 9 nitrogen and oxygen atoms in total. The standard InChI is InChI=1S/C13H18N2O.2CHF3O3S.Cu/c1-9-6-5-7-14-11(9)12-15-10(8-16-12)13(2,3)4;2*2-1(3,4)8(5,6)7;/h5-7,10H,8H2,1-4H3;2*(H,5,6,7);/t10-;;;/m1.../s1. The summed E-state index contributed by atoms with van der Waals surface area (Å²) < 4.78 is 121. The molecular weight excluding hydrogens is 562 g/mol. The molecule has 1 atom stereocenters. The summed E-state index contributed by atoms with van der Waals surface area (Å²) in [7, 11) is -11.7. The maximum absolute atomic E-state index is 10.7. The first-order valence-electron chi connectivity index (χ1n) is 8.18. The van der Waals surface area contributed by atoms with E-state index in [0.29, 0.717) is 12.5 Å². The minimum Gasteiger partial charge on any atom is -0.474 e. The van der Waals surface area contributed by atoms with Crippen LogP contribution >= 0.6 is 0 Å². The van der Waals surface area contributed by atoms with Crippen LogP contribution in [0.4, 0.5) is 26.3 Å². The molecule has 2 heterocycles. The third kappa shape index (κ3) is 11.5. The van der Waals surface area contributed by atoms with Gasteiger partial charge in [0, 0.05) is 23.3 Å². The number of ether oxygens (including phenoxy) is 1. The van der Waals surface area contributed by atoms with Crippen molar-refractivity contribution >= 4 is 26.1 Å². The molecule has 2 N–H and O–H groups in total. The zero-order valence-corrected chi connectivity index (χ0v) is 19.8. The van der Waals surface area contributed by atoms with Gasteiger partial charge in [-0.05, 0) is 24.0 Å². The van der Waals surface area contributed by atoms with E-state index < -0.39 is 31.3 Å². The van der Waals surface area contributed by atoms with Gasteiger partial charge in [-0.2, -0.15) is 43.2 Å². The number of hydrogen-bond donors (Lipinski definition) is 2. The quantitative estimate of drug-likeness (QED) is 0.222. The van der Waals surface area contributed by atoms with E-state index in [1.54, 1.807) is 6.20 Å². The van der Waals surface area contributed by atoms with Crippen LogP contribution in [0.25, 0.3) is 0 Å². The first kappa shape index (κ1) is 33.7. The monoisotopic (exact) mass is 581 g/mol. The van der Waals surface area contributed by atoms with Crippen molar-refractivity contribution in [2.24, 2.45) is 10.4 Å². The van der Waals surface area contributed by atoms with Crippen LogP contribution in [0.3, 0.4) is 0 Å². The number of pyridine rings is 1. The van der Waals surface area contributed by atoms with E-state index in [9.17, 15) is 26.3 Å². The van der Waals surface area contributed by atoms with E-state index in [1.807, 2.05) is 19.1 Å². The molecule has 1 aromatic rings. The van der Waals surface area contributed by atoms with Gasteiger partial charge in [0.05, 0.1) is 6.04 Å². The number of alkyl halides is 6. The fourth-order valence-corrected chi connectivity index (χ4v) is 1.66. The zero-order chi connectivity index (χ0) is 25.8. The van der Waals surface area contributed by atoms with Gasteiger partial charge in [0.15, 0.2) is 0 Å². The van der Waals surface area contributed by atoms with E-state index in [0.717, 1.165) is 11.3 Å². The largest absolute Gasteiger partial charge is 0.522 e. The SMILES string of the molecule is Cc1cccnc1C1=N[C@@H](C(C)(C)C)CO1.O=S(=O)(O)C(F)(F)F.O=S(=O)(O)C(F)(F)F.[Cu]. The Labute approximate surface area is 196 Å². The van der Waals surface area contributed by atoms with Gasteiger partial charge < -0.3 is 4.74 Å². The van der Waals surface area contributed by atoms with Gasteiger partial charge in [-0.3, -0.25) is 14.1 Å². The first-order valence-corrected chi connectivity index (χ1v) is 11.1. The maximum atomic E-state index is 10.7. The van der Waals surface area contributed by atoms with Crippen molar-refractivity contribution in [2.75, 3.05) is 6.61 Å². The van der Waals surface area contributed by atoms with Crippen LogP contribution in [0, 0.1) is 12.3 Å². The molecule has 33 heavy (non-hydrogen) atoms. The number of nitrogens with zero attached hydrogens (tertiary/aromatic N) is 2. The van der Waals surface area contributed by atoms with Gasteiger partial charge in [0.2, 0.25) is 5.90 Å². The summed E-state index contributed by atoms with van der Waals surface area (Å²) >= 11 is 0. The number of rotatable bonds is 1. The fourth-order valence-electron chi connectivity index (χ4n) is 1.66. The molecule has 0 aliphatic carbocycles. The number of aromatic nitrogens is 1. The molecule has 0 amide bonds. The Morgan fingerprint density at radius 1 is 0.970 bits per heavy atom. The van der Waals surface area contributed by atoms with Crippen molar-refractivity contribution in [3.05, 3.63) is 29.6 Å². The van der Waals surface area contributed by atoms with Gasteiger partial charge in [0.1, 0.15) is 12.3 Å². The summed E-state index contributed by atoms with van der Waals surface area (Å²) in [6.45, 7) is 9.23. The van der Waals surface area contributed by atoms with Crippen molar-refractivity contribution < 1.29 is 74.1 Å². The molecule has 0 saturated heterocycles. The second-order valence-corrected chi connectivity index (χ2v) is 9.96. The molecule has 1 radical (unpaired) electrons. The minimum atomic E-state index is -5.84. The molecule has 0 spiro atoms. The van der Waals surface area contributed by atoms with Gasteiger partial charge in [0.25, 0.3) is 0 Å². The smallest absolute Gasteiger partial charge is 0.474 e. The van der Waals surface area contributed by atoms with Crippen LogP contribution in [0.2, 0.25) is 0 Å². The summed E-state index contributed by atoms with van der Waals surface area (Å²) in [4.78, 5) is 8.94. The Morgan fingerprint density at radius 3 is 1.64 bits per heavy atom. The predicted molar refractivity (Wildman–Crippen MR) is 99.9 cm³/mol. The summed E-state index contributed by atoms with van der Waals surface area (Å²) in [6.07, 6.45) is 1.78. The fraction of sp³-hybridized carbons (Fsp3) is 0.600. The zero-order valence-electron chi connectivity index (χ0n) is 17.2. The first-order chi connectivity index (χ1) is 14.0. The second-order valence-electron chi connectivity index (χ2n) is 7.14. The van der Waals surface area contributed by atoms with E-state index >= 15 is 0 Å². The molecule has 0 fully saturated rings. The molecule has 0 unspecified atom stereocenters. The van der Waals surface area contributed by atoms with Gasteiger partial charge in [-0.25, -0.2) is 4.99 Å². The second kappa shape index (κ2) is 11.8. The normalized spacial score (nSPS) is 16.7. The van der Waals surface area contributed by atoms with Crippen LogP contribution in [0.15, 0.2) is 23.3 Å². The summed E-state index contributed by atoms with van der Waals surface area (Å²) in [5, 5.41) is 0. The molecule has 0 bridgehead atoms. The maximum Gasteiger partial charge on any atom is 0.522 e. The summed E-state index contributed by atoms with van der Waals surface area (Å²) in [5.74, 6) is 0.693. The third-order valence-corrected chi connectivity index (χ3v) is 4.62. The number of hydrogen-bond acceptors (Lipinski definition) is 7. The Morgan fingerprint density at radius 2 is 1.36 bits per heavy atom. The molecule has 197 valence electrons. The molecule has 2 rings (SSSR count). The third-order valence-electron chi connectivity index (χ3n) is 3.45. The van der Waals surface area contributed by atoms with Crippen LogP contribution < -0.4 is 0 Å². The van der Waals surface area contributed by atoms with Crippen molar-refractivity contribution in [2.45, 2.75) is 44.8 Å². The van der Waals surface area contributed by atoms with E-state index in [-0.39, 0.29) is 28.5 Å². The molecule has 0 saturated carbocycles. The van der Waals surface area contributed by atoms with Crippen molar-refractivity contribution in [3.8, 4) is 0 Å². The minimum absolute atomic E-state index is 0. The molecule has 1 aromatic heterocycles. The van der Waals surface area contributed by atoms with Crippen LogP contribution in [0.1, 0.15) is 32.0 Å². The topological polar surface area (TPSA) is 143 Å². The summed E-state index contributed by atoms with van der Waals surface area (Å²) in [5.41, 5.74) is -8.95. The number of aryl methyl sites for hydroxylation is 1. The van der Waals surface area contributed by atoms with Crippen molar-refractivity contribution in [1.29, 1.82) is 0 Å². The van der Waals surface area contributed by atoms with E-state index in [2.05, 4.69) is 30.7 Å². The van der Waals surface area contributed by atoms with Crippen LogP contribution in [-0.2, 0) is 42.0 Å².